The van der Waals surface area contributed by atoms with Gasteiger partial charge in [0.05, 0.1) is 19.3 Å². The summed E-state index contributed by atoms with van der Waals surface area (Å²) in [5.74, 6) is 0.125. The van der Waals surface area contributed by atoms with Crippen molar-refractivity contribution in [3.63, 3.8) is 0 Å². The number of methoxy groups -OCH3 is 1. The first-order chi connectivity index (χ1) is 11.2. The lowest BCUT2D eigenvalue weighted by molar-refractivity contribution is 0.0844. The smallest absolute Gasteiger partial charge is 0.273 e. The second-order valence-electron chi connectivity index (χ2n) is 4.57. The van der Waals surface area contributed by atoms with E-state index in [1.165, 1.54) is 7.11 Å². The van der Waals surface area contributed by atoms with E-state index in [4.69, 9.17) is 9.47 Å². The summed E-state index contributed by atoms with van der Waals surface area (Å²) in [4.78, 5) is 24.2. The fourth-order valence-electron chi connectivity index (χ4n) is 1.98. The highest BCUT2D eigenvalue weighted by Gasteiger charge is 2.13. The quantitative estimate of drug-likeness (QED) is 0.829. The van der Waals surface area contributed by atoms with Crippen molar-refractivity contribution in [1.82, 2.24) is 10.9 Å². The Morgan fingerprint density at radius 3 is 2.48 bits per heavy atom. The molecule has 0 heterocycles. The highest BCUT2D eigenvalue weighted by atomic mass is 16.5. The molecule has 2 aromatic rings. The summed E-state index contributed by atoms with van der Waals surface area (Å²) in [6, 6.07) is 13.5. The van der Waals surface area contributed by atoms with Crippen LogP contribution in [0.1, 0.15) is 27.6 Å². The zero-order valence-corrected chi connectivity index (χ0v) is 13.0. The maximum Gasteiger partial charge on any atom is 0.273 e. The topological polar surface area (TPSA) is 76.7 Å². The zero-order chi connectivity index (χ0) is 16.7. The van der Waals surface area contributed by atoms with Crippen LogP contribution in [0.4, 0.5) is 0 Å². The van der Waals surface area contributed by atoms with Gasteiger partial charge < -0.3 is 9.47 Å². The molecule has 0 aromatic heterocycles. The molecule has 0 aliphatic rings. The molecule has 0 saturated heterocycles. The Morgan fingerprint density at radius 1 is 1.00 bits per heavy atom. The van der Waals surface area contributed by atoms with Crippen LogP contribution >= 0.6 is 0 Å². The minimum atomic E-state index is -0.461. The minimum Gasteiger partial charge on any atom is -0.496 e. The van der Waals surface area contributed by atoms with Gasteiger partial charge >= 0.3 is 0 Å². The summed E-state index contributed by atoms with van der Waals surface area (Å²) < 4.78 is 10.4. The monoisotopic (exact) mass is 314 g/mol. The van der Waals surface area contributed by atoms with Crippen molar-refractivity contribution in [1.29, 1.82) is 0 Å². The summed E-state index contributed by atoms with van der Waals surface area (Å²) in [5, 5.41) is 0. The van der Waals surface area contributed by atoms with Crippen LogP contribution in [0.25, 0.3) is 0 Å². The third kappa shape index (κ3) is 4.23. The third-order valence-electron chi connectivity index (χ3n) is 3.05. The number of benzene rings is 2. The number of hydrogen-bond acceptors (Lipinski definition) is 4. The van der Waals surface area contributed by atoms with E-state index in [-0.39, 0.29) is 0 Å². The molecule has 2 N–H and O–H groups in total. The number of nitrogens with one attached hydrogen (secondary N) is 2. The second-order valence-corrected chi connectivity index (χ2v) is 4.57. The molecule has 0 radical (unpaired) electrons. The summed E-state index contributed by atoms with van der Waals surface area (Å²) in [5.41, 5.74) is 5.45. The highest BCUT2D eigenvalue weighted by molar-refractivity contribution is 6.00. The van der Waals surface area contributed by atoms with E-state index in [0.29, 0.717) is 29.2 Å². The van der Waals surface area contributed by atoms with Crippen molar-refractivity contribution in [2.45, 2.75) is 6.92 Å². The zero-order valence-electron chi connectivity index (χ0n) is 13.0. The molecule has 6 nitrogen and oxygen atoms in total. The number of rotatable bonds is 5. The number of carbonyl (C=O) groups excluding carboxylic acids is 2. The average Bonchev–Trinajstić information content (AvgIpc) is 2.59. The number of amides is 2. The van der Waals surface area contributed by atoms with Crippen LogP contribution < -0.4 is 20.3 Å². The molecule has 0 bridgehead atoms. The number of carbonyl (C=O) groups is 2. The largest absolute Gasteiger partial charge is 0.496 e. The first-order valence-electron chi connectivity index (χ1n) is 7.12. The fourth-order valence-corrected chi connectivity index (χ4v) is 1.98. The molecule has 23 heavy (non-hydrogen) atoms. The summed E-state index contributed by atoms with van der Waals surface area (Å²) in [6.45, 7) is 2.37. The van der Waals surface area contributed by atoms with Crippen molar-refractivity contribution in [3.05, 3.63) is 59.7 Å². The molecule has 0 saturated carbocycles. The Morgan fingerprint density at radius 2 is 1.74 bits per heavy atom. The van der Waals surface area contributed by atoms with Crippen molar-refractivity contribution >= 4 is 11.8 Å². The first kappa shape index (κ1) is 16.4. The van der Waals surface area contributed by atoms with Gasteiger partial charge in [-0.15, -0.1) is 0 Å². The summed E-state index contributed by atoms with van der Waals surface area (Å²) in [7, 11) is 1.48. The van der Waals surface area contributed by atoms with Gasteiger partial charge in [-0.25, -0.2) is 0 Å². The predicted molar refractivity (Wildman–Crippen MR) is 85.5 cm³/mol. The normalized spacial score (nSPS) is 9.83. The maximum atomic E-state index is 12.1. The van der Waals surface area contributed by atoms with Crippen LogP contribution in [0.5, 0.6) is 11.5 Å². The van der Waals surface area contributed by atoms with E-state index < -0.39 is 11.8 Å². The van der Waals surface area contributed by atoms with Gasteiger partial charge in [0.2, 0.25) is 0 Å². The maximum absolute atomic E-state index is 12.1. The van der Waals surface area contributed by atoms with Crippen molar-refractivity contribution in [3.8, 4) is 11.5 Å². The molecule has 6 heteroatoms. The lowest BCUT2D eigenvalue weighted by atomic mass is 10.2. The number of hydrogen-bond donors (Lipinski definition) is 2. The molecule has 0 fully saturated rings. The summed E-state index contributed by atoms with van der Waals surface area (Å²) >= 11 is 0. The van der Waals surface area contributed by atoms with Gasteiger partial charge in [0, 0.05) is 5.56 Å². The van der Waals surface area contributed by atoms with Gasteiger partial charge in [0.15, 0.2) is 0 Å². The summed E-state index contributed by atoms with van der Waals surface area (Å²) in [6.07, 6.45) is 0. The SMILES string of the molecule is CCOc1cccc(C(=O)NNC(=O)c2ccccc2OC)c1. The number of ether oxygens (including phenoxy) is 2. The lowest BCUT2D eigenvalue weighted by Crippen LogP contribution is -2.41. The molecular weight excluding hydrogens is 296 g/mol. The van der Waals surface area contributed by atoms with E-state index in [1.807, 2.05) is 6.92 Å². The Kier molecular flexibility index (Phi) is 5.57. The minimum absolute atomic E-state index is 0.332. The molecule has 0 aliphatic carbocycles. The van der Waals surface area contributed by atoms with E-state index in [2.05, 4.69) is 10.9 Å². The molecule has 2 rings (SSSR count). The Labute approximate surface area is 134 Å². The molecule has 2 aromatic carbocycles. The van der Waals surface area contributed by atoms with E-state index >= 15 is 0 Å². The molecule has 0 aliphatic heterocycles. The van der Waals surface area contributed by atoms with Crippen molar-refractivity contribution in [2.75, 3.05) is 13.7 Å². The fraction of sp³-hybridized carbons (Fsp3) is 0.176. The Balaban J connectivity index is 2.01. The highest BCUT2D eigenvalue weighted by Crippen LogP contribution is 2.16. The standard InChI is InChI=1S/C17H18N2O4/c1-3-23-13-8-6-7-12(11-13)16(20)18-19-17(21)14-9-4-5-10-15(14)22-2/h4-11H,3H2,1-2H3,(H,18,20)(H,19,21). The Hall–Kier alpha value is -3.02. The van der Waals surface area contributed by atoms with Crippen LogP contribution in [0, 0.1) is 0 Å². The van der Waals surface area contributed by atoms with Gasteiger partial charge in [0.1, 0.15) is 11.5 Å². The Bertz CT molecular complexity index is 700. The van der Waals surface area contributed by atoms with E-state index in [9.17, 15) is 9.59 Å². The van der Waals surface area contributed by atoms with E-state index in [0.717, 1.165) is 0 Å². The number of hydrazine groups is 1. The van der Waals surface area contributed by atoms with Crippen LogP contribution in [-0.4, -0.2) is 25.5 Å². The average molecular weight is 314 g/mol. The van der Waals surface area contributed by atoms with Gasteiger partial charge in [-0.1, -0.05) is 18.2 Å². The van der Waals surface area contributed by atoms with Gasteiger partial charge in [-0.05, 0) is 37.3 Å². The molecule has 0 spiro atoms. The number of para-hydroxylation sites is 1. The molecule has 0 unspecified atom stereocenters. The molecule has 0 atom stereocenters. The third-order valence-corrected chi connectivity index (χ3v) is 3.05. The predicted octanol–water partition coefficient (Wildman–Crippen LogP) is 2.17. The van der Waals surface area contributed by atoms with Crippen molar-refractivity contribution in [2.24, 2.45) is 0 Å². The van der Waals surface area contributed by atoms with Crippen LogP contribution in [0.2, 0.25) is 0 Å². The first-order valence-corrected chi connectivity index (χ1v) is 7.12. The van der Waals surface area contributed by atoms with Crippen molar-refractivity contribution < 1.29 is 19.1 Å². The second kappa shape index (κ2) is 7.84. The molecule has 2 amide bonds. The van der Waals surface area contributed by atoms with Crippen LogP contribution in [-0.2, 0) is 0 Å². The van der Waals surface area contributed by atoms with Gasteiger partial charge in [-0.2, -0.15) is 0 Å². The molecule has 120 valence electrons. The van der Waals surface area contributed by atoms with Crippen LogP contribution in [0.3, 0.4) is 0 Å². The lowest BCUT2D eigenvalue weighted by Gasteiger charge is -2.10. The van der Waals surface area contributed by atoms with E-state index in [1.54, 1.807) is 48.5 Å². The molecular formula is C17H18N2O4. The van der Waals surface area contributed by atoms with Gasteiger partial charge in [0.25, 0.3) is 11.8 Å². The van der Waals surface area contributed by atoms with Gasteiger partial charge in [-0.3, -0.25) is 20.4 Å². The van der Waals surface area contributed by atoms with Crippen LogP contribution in [0.15, 0.2) is 48.5 Å².